The number of aryl methyl sites for hydroxylation is 2. The third-order valence-electron chi connectivity index (χ3n) is 10.0. The molecule has 1 unspecified atom stereocenters. The van der Waals surface area contributed by atoms with E-state index in [1.165, 1.54) is 29.2 Å². The summed E-state index contributed by atoms with van der Waals surface area (Å²) in [6.07, 6.45) is 3.89. The molecule has 1 saturated heterocycles. The van der Waals surface area contributed by atoms with Crippen molar-refractivity contribution in [3.63, 3.8) is 0 Å². The lowest BCUT2D eigenvalue weighted by Gasteiger charge is -2.29. The number of fused-ring (bicyclic) bond motifs is 1. The molecule has 1 atom stereocenters. The van der Waals surface area contributed by atoms with Crippen LogP contribution in [-0.4, -0.2) is 86.2 Å². The van der Waals surface area contributed by atoms with Gasteiger partial charge in [-0.05, 0) is 85.5 Å². The number of carbonyl (C=O) groups is 5. The molecule has 3 aromatic heterocycles. The molecule has 312 valence electrons. The summed E-state index contributed by atoms with van der Waals surface area (Å²) < 4.78 is 50.5. The highest BCUT2D eigenvalue weighted by atomic mass is 19.4. The van der Waals surface area contributed by atoms with Crippen LogP contribution in [-0.2, 0) is 33.7 Å². The molecule has 5 amide bonds. The Labute approximate surface area is 340 Å². The third-order valence-corrected chi connectivity index (χ3v) is 10.0. The maximum atomic E-state index is 13.1. The number of aromatic nitrogens is 4. The molecular formula is C41H40F3N9O7. The van der Waals surface area contributed by atoms with Crippen LogP contribution in [0.5, 0.6) is 0 Å². The van der Waals surface area contributed by atoms with Gasteiger partial charge < -0.3 is 30.4 Å². The smallest absolute Gasteiger partial charge is 0.405 e. The van der Waals surface area contributed by atoms with E-state index in [0.29, 0.717) is 37.4 Å². The minimum atomic E-state index is -4.44. The van der Waals surface area contributed by atoms with Crippen molar-refractivity contribution in [3.8, 4) is 17.1 Å². The molecule has 0 saturated carbocycles. The summed E-state index contributed by atoms with van der Waals surface area (Å²) in [5.74, 6) is -2.65. The van der Waals surface area contributed by atoms with Crippen molar-refractivity contribution in [1.29, 1.82) is 0 Å². The van der Waals surface area contributed by atoms with Crippen LogP contribution in [0.15, 0.2) is 77.7 Å². The Morgan fingerprint density at radius 2 is 1.82 bits per heavy atom. The number of hydrogen-bond acceptors (Lipinski definition) is 11. The van der Waals surface area contributed by atoms with Crippen LogP contribution in [0.2, 0.25) is 0 Å². The van der Waals surface area contributed by atoms with Gasteiger partial charge in [-0.2, -0.15) is 18.3 Å². The van der Waals surface area contributed by atoms with Crippen molar-refractivity contribution >= 4 is 41.0 Å². The fraction of sp³-hybridized carbons (Fsp3) is 0.317. The van der Waals surface area contributed by atoms with Crippen molar-refractivity contribution in [3.05, 3.63) is 107 Å². The zero-order valence-electron chi connectivity index (χ0n) is 32.1. The number of halogens is 3. The number of nitrogens with one attached hydrogen (secondary N) is 3. The molecule has 0 aliphatic carbocycles. The Hall–Kier alpha value is -6.89. The number of oxazole rings is 1. The summed E-state index contributed by atoms with van der Waals surface area (Å²) in [5, 5.41) is 11.3. The Balaban J connectivity index is 0.850. The van der Waals surface area contributed by atoms with E-state index < -0.39 is 36.5 Å². The molecule has 2 aromatic carbocycles. The number of hydrogen-bond donors (Lipinski definition) is 4. The number of unbranched alkanes of at least 4 members (excludes halogenated alkanes) is 1. The monoisotopic (exact) mass is 827 g/mol. The lowest BCUT2D eigenvalue weighted by Crippen LogP contribution is -2.52. The number of nitrogens with two attached hydrogens (primary N) is 1. The van der Waals surface area contributed by atoms with Gasteiger partial charge in [-0.3, -0.25) is 29.3 Å². The first-order valence-electron chi connectivity index (χ1n) is 19.2. The Morgan fingerprint density at radius 3 is 2.58 bits per heavy atom. The number of imide groups is 1. The second kappa shape index (κ2) is 17.9. The summed E-state index contributed by atoms with van der Waals surface area (Å²) in [4.78, 5) is 71.9. The standard InChI is InChI=1S/C41H40F3N9O7/c42-41(43,44)23-47-33-19-26(15-16-46-33)39-49-31(22-60-39)37(56)48-30-21-53(51-35(30)36(45)55)27-11-9-24(10-12-27)5-1-2-17-59-18-4-7-25-6-3-8-28-29(25)20-52(40(28)58)32-13-14-34(54)50-38(32)57/h3,6,8-12,15-16,19,21-22,32H,1-2,4-5,7,13-14,17-18,20,23H2,(H2,45,55)(H,46,47)(H,48,56)(H,50,54,57). The predicted octanol–water partition coefficient (Wildman–Crippen LogP) is 4.98. The van der Waals surface area contributed by atoms with E-state index in [2.05, 4.69) is 31.0 Å². The normalized spacial score (nSPS) is 15.2. The molecule has 16 nitrogen and oxygen atoms in total. The highest BCUT2D eigenvalue weighted by molar-refractivity contribution is 6.07. The van der Waals surface area contributed by atoms with Gasteiger partial charge in [-0.1, -0.05) is 24.3 Å². The molecule has 2 aliphatic heterocycles. The van der Waals surface area contributed by atoms with Crippen LogP contribution in [0.1, 0.15) is 80.1 Å². The fourth-order valence-electron chi connectivity index (χ4n) is 7.03. The van der Waals surface area contributed by atoms with Crippen molar-refractivity contribution in [2.75, 3.05) is 30.4 Å². The van der Waals surface area contributed by atoms with E-state index in [1.54, 1.807) is 11.0 Å². The third kappa shape index (κ3) is 9.86. The summed E-state index contributed by atoms with van der Waals surface area (Å²) in [7, 11) is 0. The minimum Gasteiger partial charge on any atom is -0.444 e. The zero-order valence-corrected chi connectivity index (χ0v) is 32.1. The van der Waals surface area contributed by atoms with Gasteiger partial charge in [0.2, 0.25) is 17.7 Å². The number of benzene rings is 2. The molecule has 5 heterocycles. The van der Waals surface area contributed by atoms with Crippen LogP contribution in [0.4, 0.5) is 24.7 Å². The van der Waals surface area contributed by atoms with Crippen LogP contribution in [0.3, 0.4) is 0 Å². The van der Waals surface area contributed by atoms with E-state index in [9.17, 15) is 37.1 Å². The lowest BCUT2D eigenvalue weighted by molar-refractivity contribution is -0.137. The number of nitrogens with zero attached hydrogens (tertiary/aromatic N) is 5. The predicted molar refractivity (Wildman–Crippen MR) is 209 cm³/mol. The first-order valence-corrected chi connectivity index (χ1v) is 19.2. The molecular weight excluding hydrogens is 788 g/mol. The number of amides is 5. The maximum Gasteiger partial charge on any atom is 0.405 e. The first-order chi connectivity index (χ1) is 28.8. The number of ether oxygens (including phenoxy) is 1. The van der Waals surface area contributed by atoms with Gasteiger partial charge in [0.25, 0.3) is 17.7 Å². The second-order valence-corrected chi connectivity index (χ2v) is 14.3. The zero-order chi connectivity index (χ0) is 42.4. The highest BCUT2D eigenvalue weighted by Gasteiger charge is 2.39. The minimum absolute atomic E-state index is 0.0304. The largest absolute Gasteiger partial charge is 0.444 e. The van der Waals surface area contributed by atoms with Crippen LogP contribution in [0.25, 0.3) is 17.1 Å². The molecule has 7 rings (SSSR count). The summed E-state index contributed by atoms with van der Waals surface area (Å²) >= 11 is 0. The molecule has 0 spiro atoms. The molecule has 1 fully saturated rings. The van der Waals surface area contributed by atoms with Crippen molar-refractivity contribution in [2.24, 2.45) is 5.73 Å². The fourth-order valence-corrected chi connectivity index (χ4v) is 7.03. The quantitative estimate of drug-likeness (QED) is 0.0724. The highest BCUT2D eigenvalue weighted by Crippen LogP contribution is 2.31. The summed E-state index contributed by atoms with van der Waals surface area (Å²) in [5.41, 5.74) is 9.78. The number of rotatable bonds is 17. The molecule has 60 heavy (non-hydrogen) atoms. The number of piperidine rings is 1. The number of pyridine rings is 1. The second-order valence-electron chi connectivity index (χ2n) is 14.3. The van der Waals surface area contributed by atoms with Gasteiger partial charge in [-0.25, -0.2) is 14.6 Å². The van der Waals surface area contributed by atoms with E-state index in [1.807, 2.05) is 36.4 Å². The topological polar surface area (TPSA) is 217 Å². The average Bonchev–Trinajstić information content (AvgIpc) is 3.97. The Bertz CT molecular complexity index is 2410. The molecule has 5 aromatic rings. The lowest BCUT2D eigenvalue weighted by atomic mass is 10.00. The van der Waals surface area contributed by atoms with Crippen LogP contribution in [0, 0.1) is 0 Å². The van der Waals surface area contributed by atoms with E-state index in [4.69, 9.17) is 14.9 Å². The summed E-state index contributed by atoms with van der Waals surface area (Å²) in [6, 6.07) is 15.3. The molecule has 0 bridgehead atoms. The van der Waals surface area contributed by atoms with Gasteiger partial charge in [-0.15, -0.1) is 0 Å². The van der Waals surface area contributed by atoms with Crippen LogP contribution < -0.4 is 21.7 Å². The van der Waals surface area contributed by atoms with Gasteiger partial charge in [0.1, 0.15) is 24.7 Å². The maximum absolute atomic E-state index is 13.1. The molecule has 0 radical (unpaired) electrons. The average molecular weight is 828 g/mol. The van der Waals surface area contributed by atoms with E-state index >= 15 is 0 Å². The van der Waals surface area contributed by atoms with Crippen molar-refractivity contribution < 1.29 is 46.3 Å². The van der Waals surface area contributed by atoms with E-state index in [0.717, 1.165) is 55.1 Å². The molecule has 19 heteroatoms. The number of anilines is 2. The van der Waals surface area contributed by atoms with Crippen molar-refractivity contribution in [1.82, 2.24) is 30.0 Å². The number of carbonyl (C=O) groups excluding carboxylic acids is 5. The van der Waals surface area contributed by atoms with Gasteiger partial charge in [0.15, 0.2) is 11.4 Å². The Kier molecular flexibility index (Phi) is 12.3. The number of primary amides is 1. The SMILES string of the molecule is NC(=O)c1nn(-c2ccc(CCCCOCCCc3cccc4c3CN(C3CCC(=O)NC3=O)C4=O)cc2)cc1NC(=O)c1coc(-c2ccnc(NCC(F)(F)F)c2)n1. The van der Waals surface area contributed by atoms with E-state index in [-0.39, 0.29) is 52.6 Å². The first kappa shape index (κ1) is 41.3. The van der Waals surface area contributed by atoms with Gasteiger partial charge >= 0.3 is 6.18 Å². The number of alkyl halides is 3. The van der Waals surface area contributed by atoms with Gasteiger partial charge in [0.05, 0.1) is 17.6 Å². The van der Waals surface area contributed by atoms with Gasteiger partial charge in [0, 0.05) is 43.5 Å². The summed E-state index contributed by atoms with van der Waals surface area (Å²) in [6.45, 7) is 0.211. The molecule has 2 aliphatic rings. The van der Waals surface area contributed by atoms with Crippen LogP contribution >= 0.6 is 0 Å². The van der Waals surface area contributed by atoms with Crippen molar-refractivity contribution in [2.45, 2.75) is 63.7 Å². The molecule has 5 N–H and O–H groups in total. The Morgan fingerprint density at radius 1 is 1.02 bits per heavy atom.